The summed E-state index contributed by atoms with van der Waals surface area (Å²) in [4.78, 5) is 10.5. The molecule has 1 aromatic rings. The van der Waals surface area contributed by atoms with Crippen molar-refractivity contribution in [2.24, 2.45) is 5.73 Å². The van der Waals surface area contributed by atoms with E-state index in [0.717, 1.165) is 0 Å². The van der Waals surface area contributed by atoms with Gasteiger partial charge in [0.05, 0.1) is 12.6 Å². The largest absolute Gasteiger partial charge is 0.507 e. The second-order valence-electron chi connectivity index (χ2n) is 2.87. The van der Waals surface area contributed by atoms with Gasteiger partial charge < -0.3 is 21.1 Å². The zero-order valence-corrected chi connectivity index (χ0v) is 7.34. The predicted octanol–water partition coefficient (Wildman–Crippen LogP) is 0.0825. The van der Waals surface area contributed by atoms with E-state index in [1.807, 2.05) is 0 Å². The van der Waals surface area contributed by atoms with Gasteiger partial charge >= 0.3 is 5.97 Å². The Hall–Kier alpha value is -1.59. The average molecular weight is 197 g/mol. The first kappa shape index (κ1) is 10.5. The maximum absolute atomic E-state index is 10.5. The molecule has 0 heterocycles. The van der Waals surface area contributed by atoms with E-state index < -0.39 is 12.0 Å². The lowest BCUT2D eigenvalue weighted by molar-refractivity contribution is 0.0693. The fourth-order valence-corrected chi connectivity index (χ4v) is 1.07. The van der Waals surface area contributed by atoms with Gasteiger partial charge in [-0.3, -0.25) is 0 Å². The summed E-state index contributed by atoms with van der Waals surface area (Å²) in [5.41, 5.74) is 5.79. The van der Waals surface area contributed by atoms with Crippen LogP contribution in [0.4, 0.5) is 0 Å². The van der Waals surface area contributed by atoms with Crippen LogP contribution < -0.4 is 5.73 Å². The van der Waals surface area contributed by atoms with Crippen LogP contribution in [-0.2, 0) is 0 Å². The molecule has 5 heteroatoms. The van der Waals surface area contributed by atoms with Crippen LogP contribution in [0.1, 0.15) is 22.0 Å². The number of carboxylic acid groups (broad SMARTS) is 1. The highest BCUT2D eigenvalue weighted by Crippen LogP contribution is 2.21. The number of aromatic carboxylic acids is 1. The van der Waals surface area contributed by atoms with Crippen molar-refractivity contribution >= 4 is 5.97 Å². The number of aromatic hydroxyl groups is 1. The molecule has 5 N–H and O–H groups in total. The summed E-state index contributed by atoms with van der Waals surface area (Å²) < 4.78 is 0. The second kappa shape index (κ2) is 4.08. The van der Waals surface area contributed by atoms with Gasteiger partial charge in [0, 0.05) is 0 Å². The van der Waals surface area contributed by atoms with E-state index in [1.54, 1.807) is 0 Å². The van der Waals surface area contributed by atoms with Crippen molar-refractivity contribution in [3.63, 3.8) is 0 Å². The average Bonchev–Trinajstić information content (AvgIpc) is 2.15. The zero-order chi connectivity index (χ0) is 10.7. The van der Waals surface area contributed by atoms with Gasteiger partial charge in [-0.15, -0.1) is 0 Å². The van der Waals surface area contributed by atoms with E-state index >= 15 is 0 Å². The van der Waals surface area contributed by atoms with Gasteiger partial charge in [0.1, 0.15) is 11.3 Å². The molecular weight excluding hydrogens is 186 g/mol. The molecule has 0 aliphatic carbocycles. The molecule has 1 aromatic carbocycles. The van der Waals surface area contributed by atoms with Crippen molar-refractivity contribution < 1.29 is 20.1 Å². The summed E-state index contributed by atoms with van der Waals surface area (Å²) >= 11 is 0. The van der Waals surface area contributed by atoms with Crippen molar-refractivity contribution in [2.75, 3.05) is 6.61 Å². The molecule has 0 fully saturated rings. The molecular formula is C9H11NO4. The molecule has 0 spiro atoms. The van der Waals surface area contributed by atoms with E-state index in [-0.39, 0.29) is 17.9 Å². The van der Waals surface area contributed by atoms with Crippen molar-refractivity contribution in [2.45, 2.75) is 6.04 Å². The fraction of sp³-hybridized carbons (Fsp3) is 0.222. The highest BCUT2D eigenvalue weighted by molar-refractivity contribution is 5.90. The minimum Gasteiger partial charge on any atom is -0.507 e. The first-order valence-electron chi connectivity index (χ1n) is 3.99. The number of hydrogen-bond acceptors (Lipinski definition) is 4. The third kappa shape index (κ3) is 2.01. The number of aliphatic hydroxyl groups is 1. The Morgan fingerprint density at radius 2 is 2.14 bits per heavy atom. The Kier molecular flexibility index (Phi) is 3.06. The lowest BCUT2D eigenvalue weighted by atomic mass is 10.1. The fourth-order valence-electron chi connectivity index (χ4n) is 1.07. The van der Waals surface area contributed by atoms with E-state index in [2.05, 4.69) is 0 Å². The van der Waals surface area contributed by atoms with Gasteiger partial charge in [0.25, 0.3) is 0 Å². The molecule has 1 atom stereocenters. The maximum Gasteiger partial charge on any atom is 0.339 e. The number of carbonyl (C=O) groups is 1. The molecule has 0 amide bonds. The molecule has 14 heavy (non-hydrogen) atoms. The molecule has 5 nitrogen and oxygen atoms in total. The predicted molar refractivity (Wildman–Crippen MR) is 49.1 cm³/mol. The molecule has 1 rings (SSSR count). The second-order valence-corrected chi connectivity index (χ2v) is 2.87. The zero-order valence-electron chi connectivity index (χ0n) is 7.34. The van der Waals surface area contributed by atoms with E-state index in [1.165, 1.54) is 18.2 Å². The third-order valence-electron chi connectivity index (χ3n) is 1.88. The Bertz CT molecular complexity index is 351. The molecule has 0 aromatic heterocycles. The third-order valence-corrected chi connectivity index (χ3v) is 1.88. The molecule has 0 aliphatic rings. The van der Waals surface area contributed by atoms with Gasteiger partial charge in [0.2, 0.25) is 0 Å². The molecule has 0 radical (unpaired) electrons. The van der Waals surface area contributed by atoms with E-state index in [4.69, 9.17) is 15.9 Å². The highest BCUT2D eigenvalue weighted by Gasteiger charge is 2.12. The number of rotatable bonds is 3. The van der Waals surface area contributed by atoms with Gasteiger partial charge in [-0.1, -0.05) is 6.07 Å². The quantitative estimate of drug-likeness (QED) is 0.549. The van der Waals surface area contributed by atoms with Crippen LogP contribution in [0.15, 0.2) is 18.2 Å². The number of phenols is 1. The lowest BCUT2D eigenvalue weighted by Gasteiger charge is -2.09. The van der Waals surface area contributed by atoms with Gasteiger partial charge in [-0.2, -0.15) is 0 Å². The van der Waals surface area contributed by atoms with Crippen LogP contribution in [-0.4, -0.2) is 27.9 Å². The minimum atomic E-state index is -1.20. The topological polar surface area (TPSA) is 104 Å². The summed E-state index contributed by atoms with van der Waals surface area (Å²) in [6, 6.07) is 3.35. The summed E-state index contributed by atoms with van der Waals surface area (Å²) in [5.74, 6) is -1.55. The van der Waals surface area contributed by atoms with Crippen molar-refractivity contribution in [1.29, 1.82) is 0 Å². The Labute approximate surface area is 80.4 Å². The molecule has 0 bridgehead atoms. The molecule has 1 unspecified atom stereocenters. The molecule has 0 saturated carbocycles. The first-order valence-corrected chi connectivity index (χ1v) is 3.99. The maximum atomic E-state index is 10.5. The SMILES string of the molecule is NC(CO)c1ccc(C(=O)O)c(O)c1. The number of hydrogen-bond donors (Lipinski definition) is 4. The summed E-state index contributed by atoms with van der Waals surface area (Å²) in [6.07, 6.45) is 0. The van der Waals surface area contributed by atoms with Crippen molar-refractivity contribution in [3.8, 4) is 5.75 Å². The normalized spacial score (nSPS) is 12.4. The Morgan fingerprint density at radius 3 is 2.57 bits per heavy atom. The first-order chi connectivity index (χ1) is 6.56. The molecule has 76 valence electrons. The van der Waals surface area contributed by atoms with Gasteiger partial charge in [0.15, 0.2) is 0 Å². The van der Waals surface area contributed by atoms with E-state index in [9.17, 15) is 9.90 Å². The van der Waals surface area contributed by atoms with Crippen LogP contribution in [0.2, 0.25) is 0 Å². The number of nitrogens with two attached hydrogens (primary N) is 1. The van der Waals surface area contributed by atoms with Crippen LogP contribution in [0.5, 0.6) is 5.75 Å². The van der Waals surface area contributed by atoms with Crippen molar-refractivity contribution in [3.05, 3.63) is 29.3 Å². The van der Waals surface area contributed by atoms with Crippen molar-refractivity contribution in [1.82, 2.24) is 0 Å². The highest BCUT2D eigenvalue weighted by atomic mass is 16.4. The standard InChI is InChI=1S/C9H11NO4/c10-7(4-11)5-1-2-6(9(13)14)8(12)3-5/h1-3,7,11-12H,4,10H2,(H,13,14). The lowest BCUT2D eigenvalue weighted by Crippen LogP contribution is -2.14. The number of aliphatic hydroxyl groups excluding tert-OH is 1. The molecule has 0 aliphatic heterocycles. The van der Waals surface area contributed by atoms with Crippen LogP contribution >= 0.6 is 0 Å². The Morgan fingerprint density at radius 1 is 1.50 bits per heavy atom. The molecule has 0 saturated heterocycles. The number of carboxylic acids is 1. The van der Waals surface area contributed by atoms with E-state index in [0.29, 0.717) is 5.56 Å². The smallest absolute Gasteiger partial charge is 0.339 e. The van der Waals surface area contributed by atoms with Crippen LogP contribution in [0.3, 0.4) is 0 Å². The van der Waals surface area contributed by atoms with Gasteiger partial charge in [-0.25, -0.2) is 4.79 Å². The monoisotopic (exact) mass is 197 g/mol. The minimum absolute atomic E-state index is 0.182. The van der Waals surface area contributed by atoms with Gasteiger partial charge in [-0.05, 0) is 17.7 Å². The summed E-state index contributed by atoms with van der Waals surface area (Å²) in [5, 5.41) is 26.6. The Balaban J connectivity index is 3.06. The van der Waals surface area contributed by atoms with Crippen LogP contribution in [0, 0.1) is 0 Å². The summed E-state index contributed by atoms with van der Waals surface area (Å²) in [6.45, 7) is -0.258. The summed E-state index contributed by atoms with van der Waals surface area (Å²) in [7, 11) is 0. The number of benzene rings is 1. The van der Waals surface area contributed by atoms with Crippen LogP contribution in [0.25, 0.3) is 0 Å².